The van der Waals surface area contributed by atoms with Gasteiger partial charge in [0.05, 0.1) is 11.1 Å². The molecule has 0 fully saturated rings. The molecule has 0 aliphatic heterocycles. The van der Waals surface area contributed by atoms with Crippen molar-refractivity contribution in [2.45, 2.75) is 13.8 Å². The van der Waals surface area contributed by atoms with Gasteiger partial charge in [-0.2, -0.15) is 0 Å². The number of nitrogens with zero attached hydrogens (tertiary/aromatic N) is 2. The molecule has 0 bridgehead atoms. The van der Waals surface area contributed by atoms with E-state index in [1.807, 2.05) is 38.1 Å². The number of aryl methyl sites for hydroxylation is 2. The molecular formula is C14H16N2O. The summed E-state index contributed by atoms with van der Waals surface area (Å²) in [5, 5.41) is 0.925. The molecule has 1 amide bonds. The lowest BCUT2D eigenvalue weighted by Gasteiger charge is -2.13. The Labute approximate surface area is 101 Å². The van der Waals surface area contributed by atoms with E-state index < -0.39 is 0 Å². The first-order valence-electron chi connectivity index (χ1n) is 5.58. The van der Waals surface area contributed by atoms with E-state index in [0.29, 0.717) is 0 Å². The number of carbonyl (C=O) groups excluding carboxylic acids is 1. The number of benzene rings is 1. The lowest BCUT2D eigenvalue weighted by Crippen LogP contribution is -2.22. The first-order chi connectivity index (χ1) is 7.99. The molecule has 2 aromatic rings. The van der Waals surface area contributed by atoms with Gasteiger partial charge in [-0.3, -0.25) is 9.78 Å². The number of fused-ring (bicyclic) bond motifs is 1. The Morgan fingerprint density at radius 3 is 2.53 bits per heavy atom. The van der Waals surface area contributed by atoms with Crippen LogP contribution in [-0.2, 0) is 0 Å². The maximum absolute atomic E-state index is 12.1. The Morgan fingerprint density at radius 2 is 1.88 bits per heavy atom. The van der Waals surface area contributed by atoms with Crippen LogP contribution in [0.1, 0.15) is 21.6 Å². The van der Waals surface area contributed by atoms with Crippen LogP contribution in [0.5, 0.6) is 0 Å². The van der Waals surface area contributed by atoms with Gasteiger partial charge in [0.2, 0.25) is 0 Å². The largest absolute Gasteiger partial charge is 0.345 e. The van der Waals surface area contributed by atoms with E-state index in [9.17, 15) is 4.79 Å². The summed E-state index contributed by atoms with van der Waals surface area (Å²) in [6.07, 6.45) is 0. The summed E-state index contributed by atoms with van der Waals surface area (Å²) in [5.41, 5.74) is 3.60. The van der Waals surface area contributed by atoms with Crippen LogP contribution in [0.15, 0.2) is 24.3 Å². The number of aromatic nitrogens is 1. The SMILES string of the molecule is Cc1ccc2nc(C)cc(C(=O)N(C)C)c2c1. The smallest absolute Gasteiger partial charge is 0.254 e. The van der Waals surface area contributed by atoms with Crippen LogP contribution in [0.4, 0.5) is 0 Å². The minimum atomic E-state index is 0.0195. The average molecular weight is 228 g/mol. The summed E-state index contributed by atoms with van der Waals surface area (Å²) in [6.45, 7) is 3.93. The first kappa shape index (κ1) is 11.6. The predicted octanol–water partition coefficient (Wildman–Crippen LogP) is 2.55. The van der Waals surface area contributed by atoms with E-state index in [2.05, 4.69) is 4.98 Å². The molecule has 88 valence electrons. The fourth-order valence-corrected chi connectivity index (χ4v) is 1.89. The molecule has 1 aromatic carbocycles. The Kier molecular flexibility index (Phi) is 2.84. The summed E-state index contributed by atoms with van der Waals surface area (Å²) >= 11 is 0. The van der Waals surface area contributed by atoms with Crippen LogP contribution < -0.4 is 0 Å². The minimum absolute atomic E-state index is 0.0195. The highest BCUT2D eigenvalue weighted by molar-refractivity contribution is 6.06. The number of amides is 1. The van der Waals surface area contributed by atoms with Crippen molar-refractivity contribution in [3.8, 4) is 0 Å². The van der Waals surface area contributed by atoms with Gasteiger partial charge in [0.15, 0.2) is 0 Å². The number of pyridine rings is 1. The van der Waals surface area contributed by atoms with Crippen molar-refractivity contribution in [3.63, 3.8) is 0 Å². The van der Waals surface area contributed by atoms with Gasteiger partial charge in [0, 0.05) is 25.2 Å². The Morgan fingerprint density at radius 1 is 1.18 bits per heavy atom. The van der Waals surface area contributed by atoms with Gasteiger partial charge in [0.1, 0.15) is 0 Å². The summed E-state index contributed by atoms with van der Waals surface area (Å²) in [7, 11) is 3.53. The van der Waals surface area contributed by atoms with Crippen LogP contribution in [0.2, 0.25) is 0 Å². The highest BCUT2D eigenvalue weighted by atomic mass is 16.2. The van der Waals surface area contributed by atoms with Crippen molar-refractivity contribution < 1.29 is 4.79 Å². The van der Waals surface area contributed by atoms with Gasteiger partial charge >= 0.3 is 0 Å². The Balaban J connectivity index is 2.76. The van der Waals surface area contributed by atoms with E-state index in [1.54, 1.807) is 19.0 Å². The highest BCUT2D eigenvalue weighted by Crippen LogP contribution is 2.20. The molecule has 0 unspecified atom stereocenters. The molecule has 1 heterocycles. The highest BCUT2D eigenvalue weighted by Gasteiger charge is 2.13. The molecule has 0 saturated carbocycles. The number of hydrogen-bond acceptors (Lipinski definition) is 2. The lowest BCUT2D eigenvalue weighted by molar-refractivity contribution is 0.0829. The second-order valence-electron chi connectivity index (χ2n) is 4.53. The molecule has 0 aliphatic carbocycles. The molecule has 3 nitrogen and oxygen atoms in total. The van der Waals surface area contributed by atoms with Crippen LogP contribution >= 0.6 is 0 Å². The second-order valence-corrected chi connectivity index (χ2v) is 4.53. The third-order valence-corrected chi connectivity index (χ3v) is 2.73. The normalized spacial score (nSPS) is 10.6. The van der Waals surface area contributed by atoms with Crippen molar-refractivity contribution in [3.05, 3.63) is 41.1 Å². The van der Waals surface area contributed by atoms with Crippen molar-refractivity contribution in [2.75, 3.05) is 14.1 Å². The molecule has 0 atom stereocenters. The van der Waals surface area contributed by atoms with Gasteiger partial charge in [-0.1, -0.05) is 11.6 Å². The summed E-state index contributed by atoms with van der Waals surface area (Å²) in [4.78, 5) is 18.2. The zero-order valence-electron chi connectivity index (χ0n) is 10.6. The van der Waals surface area contributed by atoms with Crippen LogP contribution in [-0.4, -0.2) is 29.9 Å². The molecular weight excluding hydrogens is 212 g/mol. The lowest BCUT2D eigenvalue weighted by atomic mass is 10.0. The second kappa shape index (κ2) is 4.17. The molecule has 17 heavy (non-hydrogen) atoms. The monoisotopic (exact) mass is 228 g/mol. The van der Waals surface area contributed by atoms with Crippen molar-refractivity contribution in [2.24, 2.45) is 0 Å². The third kappa shape index (κ3) is 2.13. The predicted molar refractivity (Wildman–Crippen MR) is 69.2 cm³/mol. The molecule has 0 N–H and O–H groups in total. The molecule has 2 rings (SSSR count). The minimum Gasteiger partial charge on any atom is -0.345 e. The van der Waals surface area contributed by atoms with Gasteiger partial charge < -0.3 is 4.90 Å². The van der Waals surface area contributed by atoms with Gasteiger partial charge in [-0.15, -0.1) is 0 Å². The van der Waals surface area contributed by atoms with Crippen molar-refractivity contribution in [1.82, 2.24) is 9.88 Å². The maximum Gasteiger partial charge on any atom is 0.254 e. The van der Waals surface area contributed by atoms with Gasteiger partial charge in [0.25, 0.3) is 5.91 Å². The summed E-state index contributed by atoms with van der Waals surface area (Å²) in [6, 6.07) is 7.84. The average Bonchev–Trinajstić information content (AvgIpc) is 2.27. The van der Waals surface area contributed by atoms with E-state index >= 15 is 0 Å². The number of carbonyl (C=O) groups is 1. The van der Waals surface area contributed by atoms with Crippen molar-refractivity contribution >= 4 is 16.8 Å². The molecule has 3 heteroatoms. The van der Waals surface area contributed by atoms with Crippen LogP contribution in [0.25, 0.3) is 10.9 Å². The van der Waals surface area contributed by atoms with E-state index in [4.69, 9.17) is 0 Å². The van der Waals surface area contributed by atoms with Crippen LogP contribution in [0, 0.1) is 13.8 Å². The number of hydrogen-bond donors (Lipinski definition) is 0. The van der Waals surface area contributed by atoms with Crippen LogP contribution in [0.3, 0.4) is 0 Å². The quantitative estimate of drug-likeness (QED) is 0.751. The maximum atomic E-state index is 12.1. The van der Waals surface area contributed by atoms with Gasteiger partial charge in [-0.05, 0) is 32.0 Å². The number of rotatable bonds is 1. The van der Waals surface area contributed by atoms with E-state index in [1.165, 1.54) is 0 Å². The zero-order chi connectivity index (χ0) is 12.6. The van der Waals surface area contributed by atoms with E-state index in [-0.39, 0.29) is 5.91 Å². The summed E-state index contributed by atoms with van der Waals surface area (Å²) < 4.78 is 0. The molecule has 0 saturated heterocycles. The van der Waals surface area contributed by atoms with Gasteiger partial charge in [-0.25, -0.2) is 0 Å². The molecule has 0 aliphatic rings. The Hall–Kier alpha value is -1.90. The van der Waals surface area contributed by atoms with Crippen molar-refractivity contribution in [1.29, 1.82) is 0 Å². The standard InChI is InChI=1S/C14H16N2O/c1-9-5-6-13-11(7-9)12(8-10(2)15-13)14(17)16(3)4/h5-8H,1-4H3. The third-order valence-electron chi connectivity index (χ3n) is 2.73. The molecule has 0 radical (unpaired) electrons. The van der Waals surface area contributed by atoms with E-state index in [0.717, 1.165) is 27.7 Å². The fraction of sp³-hybridized carbons (Fsp3) is 0.286. The Bertz CT molecular complexity index is 588. The summed E-state index contributed by atoms with van der Waals surface area (Å²) in [5.74, 6) is 0.0195. The molecule has 0 spiro atoms. The first-order valence-corrected chi connectivity index (χ1v) is 5.58. The fourth-order valence-electron chi connectivity index (χ4n) is 1.89. The molecule has 1 aromatic heterocycles. The zero-order valence-corrected chi connectivity index (χ0v) is 10.6. The topological polar surface area (TPSA) is 33.2 Å².